The first-order chi connectivity index (χ1) is 18.5. The third kappa shape index (κ3) is 7.28. The van der Waals surface area contributed by atoms with E-state index < -0.39 is 29.5 Å². The van der Waals surface area contributed by atoms with Gasteiger partial charge in [0.25, 0.3) is 0 Å². The average Bonchev–Trinajstić information content (AvgIpc) is 3.26. The van der Waals surface area contributed by atoms with E-state index in [1.54, 1.807) is 25.1 Å². The molecule has 206 valence electrons. The highest BCUT2D eigenvalue weighted by molar-refractivity contribution is 9.10. The SMILES string of the molecule is CCc1c(F)cc(F)cc1F.COC(=O)c1cc(-n2c(C)ccc2-c2cc(Br)ccc2C)ccc1OC(F)P. The summed E-state index contributed by atoms with van der Waals surface area (Å²) in [6, 6.07) is 16.5. The van der Waals surface area contributed by atoms with E-state index in [0.717, 1.165) is 32.7 Å². The number of hydrogen-bond donors (Lipinski definition) is 0. The van der Waals surface area contributed by atoms with Crippen molar-refractivity contribution in [3.8, 4) is 22.7 Å². The van der Waals surface area contributed by atoms with Crippen LogP contribution >= 0.6 is 25.2 Å². The van der Waals surface area contributed by atoms with E-state index in [-0.39, 0.29) is 23.3 Å². The molecule has 0 fully saturated rings. The lowest BCUT2D eigenvalue weighted by Crippen LogP contribution is -2.10. The minimum absolute atomic E-state index is 0.0635. The molecule has 0 saturated heterocycles. The molecule has 3 aromatic carbocycles. The largest absolute Gasteiger partial charge is 0.465 e. The summed E-state index contributed by atoms with van der Waals surface area (Å²) in [5.41, 5.74) is 5.02. The number of alkyl halides is 1. The number of methoxy groups -OCH3 is 1. The van der Waals surface area contributed by atoms with Crippen molar-refractivity contribution in [1.29, 1.82) is 0 Å². The van der Waals surface area contributed by atoms with Gasteiger partial charge in [-0.2, -0.15) is 4.39 Å². The molecule has 1 heterocycles. The van der Waals surface area contributed by atoms with Crippen molar-refractivity contribution in [3.05, 3.63) is 105 Å². The molecule has 4 rings (SSSR count). The van der Waals surface area contributed by atoms with Gasteiger partial charge in [-0.1, -0.05) is 38.2 Å². The lowest BCUT2D eigenvalue weighted by molar-refractivity contribution is 0.0590. The van der Waals surface area contributed by atoms with Crippen molar-refractivity contribution in [2.24, 2.45) is 0 Å². The van der Waals surface area contributed by atoms with Crippen molar-refractivity contribution in [3.63, 3.8) is 0 Å². The number of ether oxygens (including phenoxy) is 2. The molecule has 2 atom stereocenters. The second kappa shape index (κ2) is 13.3. The van der Waals surface area contributed by atoms with Gasteiger partial charge in [-0.15, -0.1) is 0 Å². The van der Waals surface area contributed by atoms with Gasteiger partial charge in [-0.3, -0.25) is 0 Å². The number of aromatic nitrogens is 1. The van der Waals surface area contributed by atoms with E-state index in [1.165, 1.54) is 7.11 Å². The first-order valence-electron chi connectivity index (χ1n) is 11.8. The molecule has 4 aromatic rings. The Morgan fingerprint density at radius 1 is 1.00 bits per heavy atom. The number of halogens is 5. The second-order valence-corrected chi connectivity index (χ2v) is 9.94. The Hall–Kier alpha value is -3.16. The Morgan fingerprint density at radius 2 is 1.67 bits per heavy atom. The molecule has 0 N–H and O–H groups in total. The number of carbonyl (C=O) groups excluding carboxylic acids is 1. The number of esters is 1. The molecule has 0 amide bonds. The van der Waals surface area contributed by atoms with Crippen LogP contribution in [0.15, 0.2) is 65.1 Å². The molecule has 0 aliphatic heterocycles. The molecule has 4 nitrogen and oxygen atoms in total. The van der Waals surface area contributed by atoms with Crippen molar-refractivity contribution in [1.82, 2.24) is 4.57 Å². The Kier molecular flexibility index (Phi) is 10.3. The van der Waals surface area contributed by atoms with Gasteiger partial charge in [0.2, 0.25) is 6.10 Å². The van der Waals surface area contributed by atoms with Crippen LogP contribution in [0.5, 0.6) is 5.75 Å². The summed E-state index contributed by atoms with van der Waals surface area (Å²) in [5.74, 6) is -2.97. The van der Waals surface area contributed by atoms with Gasteiger partial charge >= 0.3 is 5.97 Å². The van der Waals surface area contributed by atoms with Crippen molar-refractivity contribution in [2.75, 3.05) is 7.11 Å². The topological polar surface area (TPSA) is 40.5 Å². The van der Waals surface area contributed by atoms with Gasteiger partial charge in [-0.05, 0) is 68.3 Å². The Morgan fingerprint density at radius 3 is 2.26 bits per heavy atom. The molecule has 0 spiro atoms. The van der Waals surface area contributed by atoms with E-state index in [4.69, 9.17) is 9.47 Å². The minimum atomic E-state index is -1.62. The zero-order valence-electron chi connectivity index (χ0n) is 21.7. The lowest BCUT2D eigenvalue weighted by Gasteiger charge is -2.17. The van der Waals surface area contributed by atoms with Gasteiger partial charge in [0.1, 0.15) is 28.8 Å². The van der Waals surface area contributed by atoms with Gasteiger partial charge in [0, 0.05) is 39.1 Å². The number of aryl methyl sites for hydroxylation is 2. The predicted molar refractivity (Wildman–Crippen MR) is 151 cm³/mol. The van der Waals surface area contributed by atoms with Crippen LogP contribution in [-0.4, -0.2) is 23.7 Å². The van der Waals surface area contributed by atoms with E-state index in [1.807, 2.05) is 51.9 Å². The van der Waals surface area contributed by atoms with E-state index in [9.17, 15) is 22.4 Å². The van der Waals surface area contributed by atoms with E-state index in [0.29, 0.717) is 12.1 Å². The monoisotopic (exact) mass is 623 g/mol. The van der Waals surface area contributed by atoms with Crippen LogP contribution in [0.2, 0.25) is 0 Å². The van der Waals surface area contributed by atoms with Crippen LogP contribution in [0.3, 0.4) is 0 Å². The molecule has 0 saturated carbocycles. The molecule has 0 bridgehead atoms. The normalized spacial score (nSPS) is 11.4. The molecule has 0 radical (unpaired) electrons. The Balaban J connectivity index is 0.000000320. The quantitative estimate of drug-likeness (QED) is 0.123. The van der Waals surface area contributed by atoms with Gasteiger partial charge < -0.3 is 14.0 Å². The zero-order valence-corrected chi connectivity index (χ0v) is 24.4. The van der Waals surface area contributed by atoms with Gasteiger partial charge in [-0.25, -0.2) is 18.0 Å². The fraction of sp³-hybridized carbons (Fsp3) is 0.207. The molecule has 10 heteroatoms. The first kappa shape index (κ1) is 30.4. The fourth-order valence-corrected chi connectivity index (χ4v) is 4.53. The van der Waals surface area contributed by atoms with Crippen LogP contribution in [0, 0.1) is 31.3 Å². The third-order valence-corrected chi connectivity index (χ3v) is 6.51. The summed E-state index contributed by atoms with van der Waals surface area (Å²) in [4.78, 5) is 12.2. The lowest BCUT2D eigenvalue weighted by atomic mass is 10.1. The Labute approximate surface area is 235 Å². The van der Waals surface area contributed by atoms with Gasteiger partial charge in [0.15, 0.2) is 0 Å². The highest BCUT2D eigenvalue weighted by Gasteiger charge is 2.19. The summed E-state index contributed by atoms with van der Waals surface area (Å²) in [5, 5.41) is 0. The van der Waals surface area contributed by atoms with Crippen LogP contribution in [0.25, 0.3) is 16.9 Å². The Bertz CT molecular complexity index is 1470. The number of benzene rings is 3. The molecule has 2 unspecified atom stereocenters. The average molecular weight is 624 g/mol. The van der Waals surface area contributed by atoms with Gasteiger partial charge in [0.05, 0.1) is 12.8 Å². The zero-order chi connectivity index (χ0) is 28.9. The van der Waals surface area contributed by atoms with Crippen molar-refractivity contribution in [2.45, 2.75) is 33.3 Å². The maximum absolute atomic E-state index is 13.3. The summed E-state index contributed by atoms with van der Waals surface area (Å²) in [6.07, 6.45) is -1.39. The molecular formula is C29H27BrF4NO3P. The number of nitrogens with zero attached hydrogens (tertiary/aromatic N) is 1. The summed E-state index contributed by atoms with van der Waals surface area (Å²) in [7, 11) is 3.18. The van der Waals surface area contributed by atoms with E-state index >= 15 is 0 Å². The van der Waals surface area contributed by atoms with Crippen LogP contribution in [-0.2, 0) is 11.2 Å². The third-order valence-electron chi connectivity index (χ3n) is 5.88. The summed E-state index contributed by atoms with van der Waals surface area (Å²) >= 11 is 3.53. The first-order valence-corrected chi connectivity index (χ1v) is 13.3. The molecule has 0 aliphatic carbocycles. The predicted octanol–water partition coefficient (Wildman–Crippen LogP) is 8.48. The van der Waals surface area contributed by atoms with Crippen molar-refractivity contribution < 1.29 is 31.8 Å². The highest BCUT2D eigenvalue weighted by Crippen LogP contribution is 2.33. The smallest absolute Gasteiger partial charge is 0.341 e. The number of carbonyl (C=O) groups is 1. The standard InChI is InChI=1S/C21H20BrFNO3P.C8H7F3/c1-12-4-6-14(22)10-16(12)18-8-5-13(2)24(18)15-7-9-19(27-21(23)28)17(11-15)20(25)26-3;1-2-6-7(10)3-5(9)4-8(6)11/h4-11,21H,28H2,1-3H3;3-4H,2H2,1H3. The van der Waals surface area contributed by atoms with Crippen LogP contribution < -0.4 is 4.74 Å². The van der Waals surface area contributed by atoms with Crippen LogP contribution in [0.1, 0.15) is 34.1 Å². The maximum atomic E-state index is 13.3. The highest BCUT2D eigenvalue weighted by atomic mass is 79.9. The summed E-state index contributed by atoms with van der Waals surface area (Å²) in [6.45, 7) is 5.64. The van der Waals surface area contributed by atoms with E-state index in [2.05, 4.69) is 22.0 Å². The van der Waals surface area contributed by atoms with Crippen LogP contribution in [0.4, 0.5) is 17.6 Å². The maximum Gasteiger partial charge on any atom is 0.341 e. The number of rotatable bonds is 6. The summed E-state index contributed by atoms with van der Waals surface area (Å²) < 4.78 is 63.8. The van der Waals surface area contributed by atoms with Crippen molar-refractivity contribution >= 4 is 31.1 Å². The fourth-order valence-electron chi connectivity index (χ4n) is 4.02. The second-order valence-electron chi connectivity index (χ2n) is 8.50. The minimum Gasteiger partial charge on any atom is -0.465 e. The molecule has 1 aromatic heterocycles. The molecule has 39 heavy (non-hydrogen) atoms. The molecule has 0 aliphatic rings. The molecular weight excluding hydrogens is 597 g/mol. The number of hydrogen-bond acceptors (Lipinski definition) is 3.